The molecule has 1 N–H and O–H groups in total. The van der Waals surface area contributed by atoms with E-state index in [9.17, 15) is 13.6 Å². The van der Waals surface area contributed by atoms with E-state index in [0.717, 1.165) is 23.4 Å². The van der Waals surface area contributed by atoms with Crippen LogP contribution in [0, 0.1) is 11.6 Å². The summed E-state index contributed by atoms with van der Waals surface area (Å²) < 4.78 is 31.6. The molecule has 21 heavy (non-hydrogen) atoms. The molecule has 2 aromatic rings. The summed E-state index contributed by atoms with van der Waals surface area (Å²) in [7, 11) is 0. The lowest BCUT2D eigenvalue weighted by atomic mass is 10.00. The van der Waals surface area contributed by atoms with Crippen LogP contribution in [0.4, 0.5) is 8.78 Å². The van der Waals surface area contributed by atoms with Gasteiger partial charge in [0.25, 0.3) is 5.91 Å². The Bertz CT molecular complexity index is 688. The van der Waals surface area contributed by atoms with E-state index in [1.54, 1.807) is 0 Å². The number of carbonyl (C=O) groups excluding carboxylic acids is 1. The summed E-state index contributed by atoms with van der Waals surface area (Å²) in [6.07, 6.45) is 0.631. The zero-order valence-electron chi connectivity index (χ0n) is 11.1. The van der Waals surface area contributed by atoms with E-state index in [-0.39, 0.29) is 11.6 Å². The molecule has 1 unspecified atom stereocenters. The van der Waals surface area contributed by atoms with E-state index in [1.165, 1.54) is 6.07 Å². The number of fused-ring (bicyclic) bond motifs is 1. The van der Waals surface area contributed by atoms with Crippen LogP contribution in [0.5, 0.6) is 5.75 Å². The Morgan fingerprint density at radius 2 is 1.95 bits per heavy atom. The molecule has 1 atom stereocenters. The lowest BCUT2D eigenvalue weighted by molar-refractivity contribution is 0.0924. The van der Waals surface area contributed by atoms with Gasteiger partial charge in [-0.15, -0.1) is 0 Å². The van der Waals surface area contributed by atoms with Crippen LogP contribution in [-0.4, -0.2) is 12.5 Å². The van der Waals surface area contributed by atoms with Gasteiger partial charge in [-0.05, 0) is 24.3 Å². The number of ether oxygens (including phenoxy) is 1. The first-order valence-corrected chi connectivity index (χ1v) is 6.63. The van der Waals surface area contributed by atoms with Crippen LogP contribution in [0.25, 0.3) is 0 Å². The van der Waals surface area contributed by atoms with Crippen LogP contribution < -0.4 is 10.1 Å². The molecule has 1 aliphatic heterocycles. The Morgan fingerprint density at radius 3 is 2.76 bits per heavy atom. The number of hydrogen-bond donors (Lipinski definition) is 1. The highest BCUT2D eigenvalue weighted by atomic mass is 19.2. The van der Waals surface area contributed by atoms with Crippen molar-refractivity contribution in [3.05, 3.63) is 65.2 Å². The van der Waals surface area contributed by atoms with Crippen LogP contribution in [0.1, 0.15) is 28.4 Å². The van der Waals surface area contributed by atoms with Gasteiger partial charge in [0.15, 0.2) is 11.6 Å². The van der Waals surface area contributed by atoms with E-state index in [1.807, 2.05) is 24.3 Å². The average molecular weight is 289 g/mol. The Hall–Kier alpha value is -2.43. The van der Waals surface area contributed by atoms with Gasteiger partial charge in [0.2, 0.25) is 0 Å². The Labute approximate surface area is 120 Å². The molecule has 0 saturated carbocycles. The summed E-state index contributed by atoms with van der Waals surface area (Å²) in [6, 6.07) is 10.4. The molecule has 0 saturated heterocycles. The van der Waals surface area contributed by atoms with Crippen molar-refractivity contribution in [3.63, 3.8) is 0 Å². The predicted octanol–water partition coefficient (Wildman–Crippen LogP) is 3.22. The first kappa shape index (κ1) is 13.5. The quantitative estimate of drug-likeness (QED) is 0.922. The second kappa shape index (κ2) is 5.52. The maximum Gasteiger partial charge on any atom is 0.251 e. The highest BCUT2D eigenvalue weighted by Crippen LogP contribution is 2.31. The fourth-order valence-electron chi connectivity index (χ4n) is 2.37. The molecule has 0 spiro atoms. The summed E-state index contributed by atoms with van der Waals surface area (Å²) in [5.74, 6) is -1.70. The standard InChI is InChI=1S/C16H13F2NO2/c17-12-6-5-10(9-13(12)18)16(20)19-14-7-8-21-15-4-2-1-3-11(14)15/h1-6,9,14H,7-8H2,(H,19,20). The number of hydrogen-bond acceptors (Lipinski definition) is 2. The summed E-state index contributed by atoms with van der Waals surface area (Å²) in [5, 5.41) is 2.83. The summed E-state index contributed by atoms with van der Waals surface area (Å²) in [4.78, 5) is 12.1. The molecule has 3 rings (SSSR count). The molecule has 3 nitrogen and oxygen atoms in total. The van der Waals surface area contributed by atoms with Gasteiger partial charge in [-0.3, -0.25) is 4.79 Å². The number of halogens is 2. The SMILES string of the molecule is O=C(NC1CCOc2ccccc21)c1ccc(F)c(F)c1. The van der Waals surface area contributed by atoms with Crippen molar-refractivity contribution in [1.29, 1.82) is 0 Å². The normalized spacial score (nSPS) is 16.8. The predicted molar refractivity (Wildman–Crippen MR) is 73.1 cm³/mol. The number of rotatable bonds is 2. The zero-order chi connectivity index (χ0) is 14.8. The number of benzene rings is 2. The molecule has 1 heterocycles. The van der Waals surface area contributed by atoms with Crippen molar-refractivity contribution in [1.82, 2.24) is 5.32 Å². The molecule has 2 aromatic carbocycles. The van der Waals surface area contributed by atoms with Crippen molar-refractivity contribution in [2.75, 3.05) is 6.61 Å². The fourth-order valence-corrected chi connectivity index (χ4v) is 2.37. The Kier molecular flexibility index (Phi) is 3.56. The number of nitrogens with one attached hydrogen (secondary N) is 1. The van der Waals surface area contributed by atoms with Crippen LogP contribution in [0.2, 0.25) is 0 Å². The van der Waals surface area contributed by atoms with Gasteiger partial charge in [-0.1, -0.05) is 18.2 Å². The Balaban J connectivity index is 1.81. The first-order valence-electron chi connectivity index (χ1n) is 6.63. The lowest BCUT2D eigenvalue weighted by Crippen LogP contribution is -2.32. The van der Waals surface area contributed by atoms with E-state index < -0.39 is 17.5 Å². The maximum atomic E-state index is 13.2. The van der Waals surface area contributed by atoms with Crippen molar-refractivity contribution in [2.24, 2.45) is 0 Å². The van der Waals surface area contributed by atoms with E-state index in [2.05, 4.69) is 5.32 Å². The van der Waals surface area contributed by atoms with E-state index >= 15 is 0 Å². The maximum absolute atomic E-state index is 13.2. The topological polar surface area (TPSA) is 38.3 Å². The summed E-state index contributed by atoms with van der Waals surface area (Å²) in [5.41, 5.74) is 0.984. The lowest BCUT2D eigenvalue weighted by Gasteiger charge is -2.26. The van der Waals surface area contributed by atoms with Gasteiger partial charge in [0.1, 0.15) is 5.75 Å². The van der Waals surface area contributed by atoms with Gasteiger partial charge in [0, 0.05) is 17.5 Å². The third-order valence-electron chi connectivity index (χ3n) is 3.45. The highest BCUT2D eigenvalue weighted by Gasteiger charge is 2.23. The zero-order valence-corrected chi connectivity index (χ0v) is 11.1. The summed E-state index contributed by atoms with van der Waals surface area (Å²) in [6.45, 7) is 0.500. The molecule has 0 radical (unpaired) electrons. The molecule has 0 aromatic heterocycles. The van der Waals surface area contributed by atoms with Crippen LogP contribution >= 0.6 is 0 Å². The van der Waals surface area contributed by atoms with Crippen molar-refractivity contribution < 1.29 is 18.3 Å². The first-order chi connectivity index (χ1) is 10.1. The molecule has 108 valence electrons. The van der Waals surface area contributed by atoms with E-state index in [0.29, 0.717) is 13.0 Å². The average Bonchev–Trinajstić information content (AvgIpc) is 2.50. The van der Waals surface area contributed by atoms with Gasteiger partial charge < -0.3 is 10.1 Å². The van der Waals surface area contributed by atoms with Gasteiger partial charge in [-0.2, -0.15) is 0 Å². The Morgan fingerprint density at radius 1 is 1.14 bits per heavy atom. The molecular formula is C16H13F2NO2. The van der Waals surface area contributed by atoms with Gasteiger partial charge >= 0.3 is 0 Å². The van der Waals surface area contributed by atoms with Crippen LogP contribution in [0.3, 0.4) is 0 Å². The monoisotopic (exact) mass is 289 g/mol. The van der Waals surface area contributed by atoms with Crippen molar-refractivity contribution in [2.45, 2.75) is 12.5 Å². The van der Waals surface area contributed by atoms with E-state index in [4.69, 9.17) is 4.74 Å². The second-order valence-electron chi connectivity index (χ2n) is 4.83. The highest BCUT2D eigenvalue weighted by molar-refractivity contribution is 5.94. The molecule has 0 aliphatic carbocycles. The van der Waals surface area contributed by atoms with Crippen molar-refractivity contribution in [3.8, 4) is 5.75 Å². The molecule has 5 heteroatoms. The molecular weight excluding hydrogens is 276 g/mol. The molecule has 0 bridgehead atoms. The van der Waals surface area contributed by atoms with Gasteiger partial charge in [0.05, 0.1) is 12.6 Å². The third-order valence-corrected chi connectivity index (χ3v) is 3.45. The fraction of sp³-hybridized carbons (Fsp3) is 0.188. The molecule has 0 fully saturated rings. The van der Waals surface area contributed by atoms with Gasteiger partial charge in [-0.25, -0.2) is 8.78 Å². The third kappa shape index (κ3) is 2.72. The van der Waals surface area contributed by atoms with Crippen LogP contribution in [-0.2, 0) is 0 Å². The number of para-hydroxylation sites is 1. The number of carbonyl (C=O) groups is 1. The molecule has 1 amide bonds. The minimum absolute atomic E-state index is 0.0953. The summed E-state index contributed by atoms with van der Waals surface area (Å²) >= 11 is 0. The van der Waals surface area contributed by atoms with Crippen LogP contribution in [0.15, 0.2) is 42.5 Å². The molecule has 1 aliphatic rings. The smallest absolute Gasteiger partial charge is 0.251 e. The number of amides is 1. The van der Waals surface area contributed by atoms with Crippen molar-refractivity contribution >= 4 is 5.91 Å². The minimum atomic E-state index is -1.03. The minimum Gasteiger partial charge on any atom is -0.493 e. The largest absolute Gasteiger partial charge is 0.493 e. The second-order valence-corrected chi connectivity index (χ2v) is 4.83.